The van der Waals surface area contributed by atoms with E-state index in [0.29, 0.717) is 27.8 Å². The third kappa shape index (κ3) is 4.97. The van der Waals surface area contributed by atoms with Crippen molar-refractivity contribution in [3.63, 3.8) is 0 Å². The van der Waals surface area contributed by atoms with Gasteiger partial charge in [-0.25, -0.2) is 0 Å². The molecule has 1 atom stereocenters. The number of halogens is 2. The van der Waals surface area contributed by atoms with Gasteiger partial charge < -0.3 is 5.32 Å². The Morgan fingerprint density at radius 2 is 1.76 bits per heavy atom. The Morgan fingerprint density at radius 1 is 1.06 bits per heavy atom. The largest absolute Gasteiger partial charge is 0.320 e. The number of anilines is 2. The van der Waals surface area contributed by atoms with Crippen LogP contribution >= 0.6 is 35.0 Å². The SMILES string of the molecule is Cc1ccc(CC2S/C(=C(/C#N)C(=O)Nc3ccccc3Cl)N(c3ccccc3)C2=O)cc1Cl. The summed E-state index contributed by atoms with van der Waals surface area (Å²) in [5.74, 6) is -0.841. The number of benzene rings is 3. The van der Waals surface area contributed by atoms with Gasteiger partial charge in [-0.05, 0) is 54.8 Å². The van der Waals surface area contributed by atoms with Gasteiger partial charge in [0.1, 0.15) is 16.7 Å². The number of hydrogen-bond donors (Lipinski definition) is 1. The zero-order chi connectivity index (χ0) is 24.2. The zero-order valence-electron chi connectivity index (χ0n) is 18.1. The summed E-state index contributed by atoms with van der Waals surface area (Å²) in [6.45, 7) is 1.91. The van der Waals surface area contributed by atoms with E-state index in [-0.39, 0.29) is 16.5 Å². The quantitative estimate of drug-likeness (QED) is 0.321. The van der Waals surface area contributed by atoms with Gasteiger partial charge in [0.2, 0.25) is 5.91 Å². The number of hydrogen-bond acceptors (Lipinski definition) is 4. The first-order valence-electron chi connectivity index (χ1n) is 10.4. The molecular weight excluding hydrogens is 489 g/mol. The van der Waals surface area contributed by atoms with E-state index < -0.39 is 11.2 Å². The van der Waals surface area contributed by atoms with Gasteiger partial charge in [0.05, 0.1) is 16.0 Å². The standard InChI is InChI=1S/C26H19Cl2N3O2S/c1-16-11-12-17(13-21(16)28)14-23-25(33)31(18-7-3-2-4-8-18)26(34-23)19(15-29)24(32)30-22-10-6-5-9-20(22)27/h2-13,23H,14H2,1H3,(H,30,32)/b26-19-. The Bertz CT molecular complexity index is 1340. The van der Waals surface area contributed by atoms with E-state index >= 15 is 0 Å². The first-order valence-corrected chi connectivity index (χ1v) is 12.0. The minimum absolute atomic E-state index is 0.161. The van der Waals surface area contributed by atoms with E-state index in [1.54, 1.807) is 48.5 Å². The fraction of sp³-hybridized carbons (Fsp3) is 0.115. The molecule has 170 valence electrons. The predicted octanol–water partition coefficient (Wildman–Crippen LogP) is 6.37. The monoisotopic (exact) mass is 507 g/mol. The molecule has 0 saturated carbocycles. The maximum atomic E-state index is 13.5. The normalized spacial score (nSPS) is 16.8. The lowest BCUT2D eigenvalue weighted by atomic mass is 10.1. The lowest BCUT2D eigenvalue weighted by Crippen LogP contribution is -2.30. The molecule has 5 nitrogen and oxygen atoms in total. The van der Waals surface area contributed by atoms with Crippen LogP contribution in [-0.2, 0) is 16.0 Å². The van der Waals surface area contributed by atoms with Crippen molar-refractivity contribution in [1.82, 2.24) is 0 Å². The Morgan fingerprint density at radius 3 is 2.44 bits per heavy atom. The molecule has 1 aliphatic rings. The molecule has 1 saturated heterocycles. The molecule has 0 spiro atoms. The second kappa shape index (κ2) is 10.4. The number of amides is 2. The summed E-state index contributed by atoms with van der Waals surface area (Å²) in [5.41, 5.74) is 2.65. The molecule has 0 aliphatic carbocycles. The lowest BCUT2D eigenvalue weighted by molar-refractivity contribution is -0.117. The number of nitrogens with one attached hydrogen (secondary N) is 1. The molecule has 34 heavy (non-hydrogen) atoms. The number of carbonyl (C=O) groups excluding carboxylic acids is 2. The highest BCUT2D eigenvalue weighted by molar-refractivity contribution is 8.05. The minimum atomic E-state index is -0.633. The van der Waals surface area contributed by atoms with Crippen molar-refractivity contribution < 1.29 is 9.59 Å². The summed E-state index contributed by atoms with van der Waals surface area (Å²) in [5, 5.41) is 13.3. The third-order valence-electron chi connectivity index (χ3n) is 5.30. The van der Waals surface area contributed by atoms with Crippen LogP contribution in [0.1, 0.15) is 11.1 Å². The average Bonchev–Trinajstić information content (AvgIpc) is 3.14. The Labute approximate surface area is 212 Å². The molecule has 0 radical (unpaired) electrons. The van der Waals surface area contributed by atoms with Crippen molar-refractivity contribution in [2.24, 2.45) is 0 Å². The topological polar surface area (TPSA) is 73.2 Å². The van der Waals surface area contributed by atoms with Crippen molar-refractivity contribution in [2.75, 3.05) is 10.2 Å². The number of nitriles is 1. The van der Waals surface area contributed by atoms with Crippen LogP contribution < -0.4 is 10.2 Å². The summed E-state index contributed by atoms with van der Waals surface area (Å²) in [6.07, 6.45) is 0.404. The molecule has 1 heterocycles. The predicted molar refractivity (Wildman–Crippen MR) is 138 cm³/mol. The van der Waals surface area contributed by atoms with Gasteiger partial charge >= 0.3 is 0 Å². The van der Waals surface area contributed by atoms with Crippen LogP contribution in [0.3, 0.4) is 0 Å². The van der Waals surface area contributed by atoms with Gasteiger partial charge in [0.25, 0.3) is 5.91 Å². The van der Waals surface area contributed by atoms with Crippen molar-refractivity contribution in [3.05, 3.63) is 105 Å². The van der Waals surface area contributed by atoms with Crippen LogP contribution in [0, 0.1) is 18.3 Å². The fourth-order valence-electron chi connectivity index (χ4n) is 3.52. The maximum absolute atomic E-state index is 13.5. The Kier molecular flexibility index (Phi) is 7.28. The molecule has 3 aromatic carbocycles. The Hall–Kier alpha value is -3.24. The van der Waals surface area contributed by atoms with Gasteiger partial charge in [0, 0.05) is 10.7 Å². The third-order valence-corrected chi connectivity index (χ3v) is 7.30. The van der Waals surface area contributed by atoms with Gasteiger partial charge in [-0.15, -0.1) is 0 Å². The smallest absolute Gasteiger partial charge is 0.269 e. The van der Waals surface area contributed by atoms with Gasteiger partial charge in [-0.2, -0.15) is 5.26 Å². The van der Waals surface area contributed by atoms with Crippen molar-refractivity contribution in [2.45, 2.75) is 18.6 Å². The molecule has 2 amide bonds. The second-order valence-corrected chi connectivity index (χ2v) is 9.64. The van der Waals surface area contributed by atoms with Gasteiger partial charge in [0.15, 0.2) is 0 Å². The lowest BCUT2D eigenvalue weighted by Gasteiger charge is -2.18. The van der Waals surface area contributed by atoms with E-state index in [4.69, 9.17) is 23.2 Å². The zero-order valence-corrected chi connectivity index (χ0v) is 20.4. The molecule has 3 aromatic rings. The molecule has 1 unspecified atom stereocenters. The van der Waals surface area contributed by atoms with E-state index in [0.717, 1.165) is 11.1 Å². The van der Waals surface area contributed by atoms with Crippen molar-refractivity contribution in [1.29, 1.82) is 5.26 Å². The summed E-state index contributed by atoms with van der Waals surface area (Å²) in [4.78, 5) is 28.0. The summed E-state index contributed by atoms with van der Waals surface area (Å²) >= 11 is 13.6. The highest BCUT2D eigenvalue weighted by atomic mass is 35.5. The summed E-state index contributed by atoms with van der Waals surface area (Å²) in [6, 6.07) is 23.4. The summed E-state index contributed by atoms with van der Waals surface area (Å²) in [7, 11) is 0. The number of nitrogens with zero attached hydrogens (tertiary/aromatic N) is 2. The first-order chi connectivity index (χ1) is 16.4. The average molecular weight is 508 g/mol. The number of aryl methyl sites for hydroxylation is 1. The highest BCUT2D eigenvalue weighted by Crippen LogP contribution is 2.42. The molecule has 4 rings (SSSR count). The van der Waals surface area contributed by atoms with Crippen molar-refractivity contribution in [3.8, 4) is 6.07 Å². The minimum Gasteiger partial charge on any atom is -0.320 e. The summed E-state index contributed by atoms with van der Waals surface area (Å²) < 4.78 is 0. The van der Waals surface area contributed by atoms with Crippen LogP contribution in [0.25, 0.3) is 0 Å². The van der Waals surface area contributed by atoms with Crippen LogP contribution in [0.5, 0.6) is 0 Å². The van der Waals surface area contributed by atoms with Crippen molar-refractivity contribution >= 4 is 58.2 Å². The maximum Gasteiger partial charge on any atom is 0.269 e. The number of carbonyl (C=O) groups is 2. The van der Waals surface area contributed by atoms with Crippen LogP contribution in [-0.4, -0.2) is 17.1 Å². The highest BCUT2D eigenvalue weighted by Gasteiger charge is 2.40. The van der Waals surface area contributed by atoms with E-state index in [2.05, 4.69) is 5.32 Å². The fourth-order valence-corrected chi connectivity index (χ4v) is 5.22. The molecule has 1 aliphatic heterocycles. The van der Waals surface area contributed by atoms with E-state index in [1.807, 2.05) is 37.3 Å². The van der Waals surface area contributed by atoms with Crippen LogP contribution in [0.4, 0.5) is 11.4 Å². The van der Waals surface area contributed by atoms with E-state index in [9.17, 15) is 14.9 Å². The van der Waals surface area contributed by atoms with Gasteiger partial charge in [-0.3, -0.25) is 14.5 Å². The van der Waals surface area contributed by atoms with E-state index in [1.165, 1.54) is 16.7 Å². The molecule has 8 heteroatoms. The Balaban J connectivity index is 1.72. The van der Waals surface area contributed by atoms with Crippen LogP contribution in [0.15, 0.2) is 83.4 Å². The number of thioether (sulfide) groups is 1. The van der Waals surface area contributed by atoms with Crippen LogP contribution in [0.2, 0.25) is 10.0 Å². The number of rotatable bonds is 5. The molecular formula is C26H19Cl2N3O2S. The second-order valence-electron chi connectivity index (χ2n) is 7.63. The molecule has 1 fully saturated rings. The molecule has 1 N–H and O–H groups in total. The number of para-hydroxylation sites is 2. The van der Waals surface area contributed by atoms with Gasteiger partial charge in [-0.1, -0.05) is 77.4 Å². The first kappa shape index (κ1) is 23.9. The molecule has 0 bridgehead atoms. The molecule has 0 aromatic heterocycles.